The van der Waals surface area contributed by atoms with Crippen LogP contribution in [-0.4, -0.2) is 27.9 Å². The number of fused-ring (bicyclic) bond motifs is 1. The van der Waals surface area contributed by atoms with Gasteiger partial charge >= 0.3 is 5.97 Å². The number of benzene rings is 2. The van der Waals surface area contributed by atoms with E-state index in [9.17, 15) is 14.4 Å². The molecule has 0 aliphatic carbocycles. The first kappa shape index (κ1) is 18.3. The number of nitrogens with one attached hydrogen (secondary N) is 2. The van der Waals surface area contributed by atoms with E-state index in [0.717, 1.165) is 0 Å². The van der Waals surface area contributed by atoms with Gasteiger partial charge in [-0.1, -0.05) is 30.3 Å². The number of nitrogens with zero attached hydrogens (tertiary/aromatic N) is 1. The Labute approximate surface area is 155 Å². The number of aromatic nitrogens is 2. The minimum Gasteiger partial charge on any atom is -0.453 e. The number of carbonyl (C=O) groups excluding carboxylic acids is 2. The molecule has 138 valence electrons. The van der Waals surface area contributed by atoms with Crippen molar-refractivity contribution in [2.75, 3.05) is 0 Å². The van der Waals surface area contributed by atoms with Gasteiger partial charge in [0.15, 0.2) is 11.9 Å². The maximum atomic E-state index is 12.3. The van der Waals surface area contributed by atoms with Crippen LogP contribution in [0, 0.1) is 0 Å². The number of aromatic amines is 1. The molecule has 1 aromatic heterocycles. The second-order valence-electron chi connectivity index (χ2n) is 6.11. The number of esters is 1. The molecule has 0 spiro atoms. The van der Waals surface area contributed by atoms with E-state index in [2.05, 4.69) is 15.3 Å². The van der Waals surface area contributed by atoms with E-state index in [1.54, 1.807) is 61.5 Å². The van der Waals surface area contributed by atoms with Crippen molar-refractivity contribution in [2.45, 2.75) is 26.0 Å². The van der Waals surface area contributed by atoms with Crippen LogP contribution in [-0.2, 0) is 9.53 Å². The van der Waals surface area contributed by atoms with Crippen molar-refractivity contribution in [2.24, 2.45) is 0 Å². The molecule has 1 heterocycles. The summed E-state index contributed by atoms with van der Waals surface area (Å²) in [6, 6.07) is 14.6. The Morgan fingerprint density at radius 2 is 1.70 bits per heavy atom. The molecule has 0 unspecified atom stereocenters. The zero-order valence-corrected chi connectivity index (χ0v) is 14.9. The lowest BCUT2D eigenvalue weighted by atomic mass is 10.2. The fourth-order valence-corrected chi connectivity index (χ4v) is 2.56. The highest BCUT2D eigenvalue weighted by Gasteiger charge is 2.22. The van der Waals surface area contributed by atoms with Crippen LogP contribution in [0.3, 0.4) is 0 Å². The normalized spacial score (nSPS) is 13.0. The molecule has 0 radical (unpaired) electrons. The van der Waals surface area contributed by atoms with Crippen LogP contribution in [0.4, 0.5) is 0 Å². The molecule has 27 heavy (non-hydrogen) atoms. The van der Waals surface area contributed by atoms with E-state index in [-0.39, 0.29) is 17.3 Å². The third-order valence-electron chi connectivity index (χ3n) is 4.05. The smallest absolute Gasteiger partial charge is 0.329 e. The summed E-state index contributed by atoms with van der Waals surface area (Å²) in [5.74, 6) is -0.749. The third-order valence-corrected chi connectivity index (χ3v) is 4.05. The highest BCUT2D eigenvalue weighted by atomic mass is 16.5. The maximum Gasteiger partial charge on any atom is 0.329 e. The van der Waals surface area contributed by atoms with Crippen molar-refractivity contribution >= 4 is 22.8 Å². The molecule has 0 aliphatic heterocycles. The zero-order valence-electron chi connectivity index (χ0n) is 14.9. The van der Waals surface area contributed by atoms with Crippen LogP contribution in [0.2, 0.25) is 0 Å². The lowest BCUT2D eigenvalue weighted by Crippen LogP contribution is -2.40. The third kappa shape index (κ3) is 4.20. The van der Waals surface area contributed by atoms with Crippen LogP contribution in [0.25, 0.3) is 10.9 Å². The Morgan fingerprint density at radius 1 is 1.04 bits per heavy atom. The molecule has 0 fully saturated rings. The summed E-state index contributed by atoms with van der Waals surface area (Å²) in [4.78, 5) is 43.5. The van der Waals surface area contributed by atoms with E-state index in [4.69, 9.17) is 4.74 Å². The van der Waals surface area contributed by atoms with Crippen LogP contribution >= 0.6 is 0 Å². The minimum absolute atomic E-state index is 0.244. The zero-order chi connectivity index (χ0) is 19.4. The van der Waals surface area contributed by atoms with Gasteiger partial charge < -0.3 is 15.0 Å². The Hall–Kier alpha value is -3.48. The molecule has 7 heteroatoms. The number of hydrogen-bond donors (Lipinski definition) is 2. The molecule has 2 N–H and O–H groups in total. The summed E-state index contributed by atoms with van der Waals surface area (Å²) in [5.41, 5.74) is 0.666. The fraction of sp³-hybridized carbons (Fsp3) is 0.200. The van der Waals surface area contributed by atoms with Crippen molar-refractivity contribution in [1.82, 2.24) is 15.3 Å². The number of para-hydroxylation sites is 1. The van der Waals surface area contributed by atoms with Gasteiger partial charge in [-0.05, 0) is 38.1 Å². The summed E-state index contributed by atoms with van der Waals surface area (Å²) in [7, 11) is 0. The molecule has 3 aromatic rings. The van der Waals surface area contributed by atoms with Crippen LogP contribution < -0.4 is 10.9 Å². The predicted molar refractivity (Wildman–Crippen MR) is 100 cm³/mol. The molecule has 2 atom stereocenters. The number of ether oxygens (including phenoxy) is 1. The van der Waals surface area contributed by atoms with Crippen LogP contribution in [0.15, 0.2) is 59.4 Å². The van der Waals surface area contributed by atoms with E-state index < -0.39 is 18.1 Å². The quantitative estimate of drug-likeness (QED) is 0.676. The van der Waals surface area contributed by atoms with Gasteiger partial charge in [-0.2, -0.15) is 0 Å². The average molecular weight is 365 g/mol. The molecule has 2 aromatic carbocycles. The number of hydrogen-bond acceptors (Lipinski definition) is 5. The molecule has 0 bridgehead atoms. The summed E-state index contributed by atoms with van der Waals surface area (Å²) < 4.78 is 5.35. The number of H-pyrrole nitrogens is 1. The fourth-order valence-electron chi connectivity index (χ4n) is 2.56. The van der Waals surface area contributed by atoms with Crippen LogP contribution in [0.5, 0.6) is 0 Å². The molecule has 0 saturated carbocycles. The van der Waals surface area contributed by atoms with Crippen molar-refractivity contribution in [3.8, 4) is 0 Å². The van der Waals surface area contributed by atoms with Crippen molar-refractivity contribution in [3.05, 3.63) is 76.3 Å². The second kappa shape index (κ2) is 7.82. The second-order valence-corrected chi connectivity index (χ2v) is 6.11. The van der Waals surface area contributed by atoms with Crippen molar-refractivity contribution in [1.29, 1.82) is 0 Å². The largest absolute Gasteiger partial charge is 0.453 e. The maximum absolute atomic E-state index is 12.3. The van der Waals surface area contributed by atoms with Crippen molar-refractivity contribution < 1.29 is 14.3 Å². The molecule has 7 nitrogen and oxygen atoms in total. The molecular formula is C20H19N3O4. The Balaban J connectivity index is 1.68. The molecule has 1 amide bonds. The van der Waals surface area contributed by atoms with Gasteiger partial charge in [0.2, 0.25) is 0 Å². The first-order valence-corrected chi connectivity index (χ1v) is 8.51. The van der Waals surface area contributed by atoms with Crippen LogP contribution in [0.1, 0.15) is 36.1 Å². The summed E-state index contributed by atoms with van der Waals surface area (Å²) in [6.45, 7) is 3.14. The monoisotopic (exact) mass is 365 g/mol. The van der Waals surface area contributed by atoms with Gasteiger partial charge in [0.05, 0.1) is 10.9 Å². The molecule has 3 rings (SSSR count). The summed E-state index contributed by atoms with van der Waals surface area (Å²) >= 11 is 0. The minimum atomic E-state index is -0.854. The summed E-state index contributed by atoms with van der Waals surface area (Å²) in [6.07, 6.45) is -0.772. The van der Waals surface area contributed by atoms with E-state index >= 15 is 0 Å². The Morgan fingerprint density at radius 3 is 2.44 bits per heavy atom. The van der Waals surface area contributed by atoms with E-state index in [0.29, 0.717) is 16.5 Å². The first-order chi connectivity index (χ1) is 13.0. The highest BCUT2D eigenvalue weighted by molar-refractivity contribution is 5.96. The Bertz CT molecular complexity index is 1030. The number of rotatable bonds is 5. The molecule has 0 saturated heterocycles. The van der Waals surface area contributed by atoms with Crippen molar-refractivity contribution in [3.63, 3.8) is 0 Å². The SMILES string of the molecule is C[C@H](NC(=O)c1ccccc1)C(=O)O[C@@H](C)c1nc2ccccc2c(=O)[nH]1. The number of amides is 1. The highest BCUT2D eigenvalue weighted by Crippen LogP contribution is 2.15. The van der Waals surface area contributed by atoms with Gasteiger partial charge in [0.1, 0.15) is 6.04 Å². The number of carbonyl (C=O) groups is 2. The molecule has 0 aliphatic rings. The lowest BCUT2D eigenvalue weighted by molar-refractivity contribution is -0.150. The average Bonchev–Trinajstić information content (AvgIpc) is 2.68. The molecular weight excluding hydrogens is 346 g/mol. The van der Waals surface area contributed by atoms with E-state index in [1.807, 2.05) is 0 Å². The van der Waals surface area contributed by atoms with Gasteiger partial charge in [-0.15, -0.1) is 0 Å². The first-order valence-electron chi connectivity index (χ1n) is 8.51. The predicted octanol–water partition coefficient (Wildman–Crippen LogP) is 2.35. The van der Waals surface area contributed by atoms with Gasteiger partial charge in [0.25, 0.3) is 11.5 Å². The topological polar surface area (TPSA) is 101 Å². The Kier molecular flexibility index (Phi) is 5.30. The van der Waals surface area contributed by atoms with Gasteiger partial charge in [-0.25, -0.2) is 9.78 Å². The van der Waals surface area contributed by atoms with E-state index in [1.165, 1.54) is 6.92 Å². The summed E-state index contributed by atoms with van der Waals surface area (Å²) in [5, 5.41) is 3.05. The van der Waals surface area contributed by atoms with Gasteiger partial charge in [0, 0.05) is 5.56 Å². The van der Waals surface area contributed by atoms with Gasteiger partial charge in [-0.3, -0.25) is 9.59 Å². The standard InChI is InChI=1S/C20H19N3O4/c1-12(21-18(24)14-8-4-3-5-9-14)20(26)27-13(2)17-22-16-11-7-6-10-15(16)19(25)23-17/h3-13H,1-2H3,(H,21,24)(H,22,23,25)/t12-,13-/m0/s1. The lowest BCUT2D eigenvalue weighted by Gasteiger charge is -2.17.